The van der Waals surface area contributed by atoms with Crippen LogP contribution in [0.2, 0.25) is 0 Å². The number of guanidine groups is 1. The highest BCUT2D eigenvalue weighted by Gasteiger charge is 2.22. The molecule has 0 bridgehead atoms. The summed E-state index contributed by atoms with van der Waals surface area (Å²) in [7, 11) is 3.57. The molecule has 1 fully saturated rings. The van der Waals surface area contributed by atoms with Gasteiger partial charge in [-0.25, -0.2) is 4.98 Å². The van der Waals surface area contributed by atoms with E-state index in [0.29, 0.717) is 11.7 Å². The molecule has 0 radical (unpaired) electrons. The molecule has 0 spiro atoms. The number of aromatic nitrogens is 2. The summed E-state index contributed by atoms with van der Waals surface area (Å²) in [6.07, 6.45) is 3.36. The third-order valence-electron chi connectivity index (χ3n) is 5.30. The van der Waals surface area contributed by atoms with Crippen LogP contribution in [-0.4, -0.2) is 60.2 Å². The fourth-order valence-corrected chi connectivity index (χ4v) is 3.42. The van der Waals surface area contributed by atoms with E-state index in [1.807, 2.05) is 7.05 Å². The number of benzene rings is 1. The highest BCUT2D eigenvalue weighted by Crippen LogP contribution is 2.15. The third kappa shape index (κ3) is 5.71. The molecule has 158 valence electrons. The van der Waals surface area contributed by atoms with Crippen LogP contribution in [0.5, 0.6) is 0 Å². The number of rotatable bonds is 4. The Morgan fingerprint density at radius 1 is 1.21 bits per heavy atom. The van der Waals surface area contributed by atoms with E-state index in [1.165, 1.54) is 11.1 Å². The average molecular weight is 510 g/mol. The zero-order valence-electron chi connectivity index (χ0n) is 17.6. The van der Waals surface area contributed by atoms with Crippen LogP contribution in [0.3, 0.4) is 0 Å². The predicted octanol–water partition coefficient (Wildman–Crippen LogP) is 2.21. The third-order valence-corrected chi connectivity index (χ3v) is 5.30. The molecular formula is C21H31IN6O. The molecule has 29 heavy (non-hydrogen) atoms. The summed E-state index contributed by atoms with van der Waals surface area (Å²) >= 11 is 0. The zero-order valence-corrected chi connectivity index (χ0v) is 20.0. The lowest BCUT2D eigenvalue weighted by Gasteiger charge is -2.37. The summed E-state index contributed by atoms with van der Waals surface area (Å²) in [6, 6.07) is 8.69. The molecule has 0 saturated carbocycles. The molecule has 1 aromatic carbocycles. The lowest BCUT2D eigenvalue weighted by atomic mass is 10.0. The minimum Gasteiger partial charge on any atom is -0.356 e. The lowest BCUT2D eigenvalue weighted by molar-refractivity contribution is 0.370. The predicted molar refractivity (Wildman–Crippen MR) is 130 cm³/mol. The van der Waals surface area contributed by atoms with Crippen LogP contribution >= 0.6 is 24.0 Å². The number of piperazine rings is 1. The van der Waals surface area contributed by atoms with Gasteiger partial charge in [0.1, 0.15) is 0 Å². The van der Waals surface area contributed by atoms with Crippen molar-refractivity contribution in [3.63, 3.8) is 0 Å². The van der Waals surface area contributed by atoms with E-state index < -0.39 is 0 Å². The van der Waals surface area contributed by atoms with Gasteiger partial charge in [0.15, 0.2) is 11.8 Å². The van der Waals surface area contributed by atoms with Crippen molar-refractivity contribution < 1.29 is 0 Å². The minimum atomic E-state index is -0.0506. The largest absolute Gasteiger partial charge is 0.356 e. The fourth-order valence-electron chi connectivity index (χ4n) is 3.42. The van der Waals surface area contributed by atoms with Crippen molar-refractivity contribution in [1.82, 2.24) is 19.8 Å². The summed E-state index contributed by atoms with van der Waals surface area (Å²) in [5.74, 6) is 1.84. The number of hydrogen-bond donors (Lipinski definition) is 1. The van der Waals surface area contributed by atoms with Crippen LogP contribution < -0.4 is 15.8 Å². The molecular weight excluding hydrogens is 479 g/mol. The highest BCUT2D eigenvalue weighted by atomic mass is 127. The quantitative estimate of drug-likeness (QED) is 0.388. The van der Waals surface area contributed by atoms with Gasteiger partial charge in [0.2, 0.25) is 0 Å². The summed E-state index contributed by atoms with van der Waals surface area (Å²) in [5, 5.41) is 3.50. The van der Waals surface area contributed by atoms with Gasteiger partial charge >= 0.3 is 0 Å². The van der Waals surface area contributed by atoms with Gasteiger partial charge in [-0.05, 0) is 18.4 Å². The van der Waals surface area contributed by atoms with Gasteiger partial charge < -0.3 is 19.7 Å². The first-order valence-corrected chi connectivity index (χ1v) is 9.78. The zero-order chi connectivity index (χ0) is 20.1. The Kier molecular flexibility index (Phi) is 8.48. The van der Waals surface area contributed by atoms with Gasteiger partial charge in [0, 0.05) is 59.2 Å². The molecule has 1 atom stereocenters. The van der Waals surface area contributed by atoms with Crippen LogP contribution in [0.1, 0.15) is 24.0 Å². The number of halogens is 1. The van der Waals surface area contributed by atoms with Crippen LogP contribution in [0.25, 0.3) is 0 Å². The summed E-state index contributed by atoms with van der Waals surface area (Å²) in [4.78, 5) is 25.3. The Bertz CT molecular complexity index is 871. The van der Waals surface area contributed by atoms with Crippen molar-refractivity contribution in [3.8, 4) is 0 Å². The van der Waals surface area contributed by atoms with E-state index in [9.17, 15) is 4.79 Å². The molecule has 0 aliphatic carbocycles. The fraction of sp³-hybridized carbons (Fsp3) is 0.476. The second kappa shape index (κ2) is 10.6. The SMILES string of the molecule is CN=C(NCC(C)c1ccc(C)cc1)N1CCN(c2nccn(C)c2=O)CC1.I. The van der Waals surface area contributed by atoms with E-state index in [0.717, 1.165) is 38.7 Å². The van der Waals surface area contributed by atoms with E-state index >= 15 is 0 Å². The number of nitrogens with one attached hydrogen (secondary N) is 1. The van der Waals surface area contributed by atoms with Crippen molar-refractivity contribution in [3.05, 3.63) is 58.1 Å². The van der Waals surface area contributed by atoms with Gasteiger partial charge in [0.05, 0.1) is 0 Å². The van der Waals surface area contributed by atoms with Gasteiger partial charge in [-0.1, -0.05) is 36.8 Å². The Balaban J connectivity index is 0.00000300. The van der Waals surface area contributed by atoms with Crippen molar-refractivity contribution in [2.24, 2.45) is 12.0 Å². The number of aryl methyl sites for hydroxylation is 2. The first kappa shape index (κ1) is 23.2. The minimum absolute atomic E-state index is 0. The Morgan fingerprint density at radius 3 is 2.48 bits per heavy atom. The maximum absolute atomic E-state index is 12.3. The first-order chi connectivity index (χ1) is 13.5. The molecule has 1 aromatic heterocycles. The summed E-state index contributed by atoms with van der Waals surface area (Å²) < 4.78 is 1.57. The van der Waals surface area contributed by atoms with Gasteiger partial charge in [-0.2, -0.15) is 0 Å². The second-order valence-corrected chi connectivity index (χ2v) is 7.38. The molecule has 1 saturated heterocycles. The molecule has 1 aliphatic rings. The molecule has 2 aromatic rings. The Hall–Kier alpha value is -2.10. The van der Waals surface area contributed by atoms with Crippen molar-refractivity contribution in [1.29, 1.82) is 0 Å². The number of hydrogen-bond acceptors (Lipinski definition) is 4. The van der Waals surface area contributed by atoms with E-state index in [4.69, 9.17) is 0 Å². The van der Waals surface area contributed by atoms with Gasteiger partial charge in [-0.15, -0.1) is 24.0 Å². The molecule has 1 unspecified atom stereocenters. The standard InChI is InChI=1S/C21H30N6O.HI/c1-16-5-7-18(8-6-16)17(2)15-24-21(22-3)27-13-11-26(12-14-27)19-20(28)25(4)10-9-23-19;/h5-10,17H,11-15H2,1-4H3,(H,22,24);1H. The van der Waals surface area contributed by atoms with E-state index in [-0.39, 0.29) is 29.5 Å². The summed E-state index contributed by atoms with van der Waals surface area (Å²) in [5.41, 5.74) is 2.55. The first-order valence-electron chi connectivity index (χ1n) is 9.78. The highest BCUT2D eigenvalue weighted by molar-refractivity contribution is 14.0. The van der Waals surface area contributed by atoms with E-state index in [2.05, 4.69) is 63.2 Å². The Morgan fingerprint density at radius 2 is 1.86 bits per heavy atom. The molecule has 1 aliphatic heterocycles. The normalized spacial score (nSPS) is 15.7. The molecule has 7 nitrogen and oxygen atoms in total. The number of aliphatic imine (C=N–C) groups is 1. The van der Waals surface area contributed by atoms with Crippen LogP contribution in [0.4, 0.5) is 5.82 Å². The smallest absolute Gasteiger partial charge is 0.293 e. The number of anilines is 1. The maximum atomic E-state index is 12.3. The monoisotopic (exact) mass is 510 g/mol. The average Bonchev–Trinajstić information content (AvgIpc) is 2.71. The molecule has 0 amide bonds. The second-order valence-electron chi connectivity index (χ2n) is 7.38. The summed E-state index contributed by atoms with van der Waals surface area (Å²) in [6.45, 7) is 8.27. The van der Waals surface area contributed by atoms with Crippen LogP contribution in [0, 0.1) is 6.92 Å². The maximum Gasteiger partial charge on any atom is 0.293 e. The van der Waals surface area contributed by atoms with Crippen molar-refractivity contribution in [2.75, 3.05) is 44.7 Å². The van der Waals surface area contributed by atoms with Crippen LogP contribution in [-0.2, 0) is 7.05 Å². The van der Waals surface area contributed by atoms with Crippen LogP contribution in [0.15, 0.2) is 46.4 Å². The Labute approximate surface area is 189 Å². The lowest BCUT2D eigenvalue weighted by Crippen LogP contribution is -2.54. The topological polar surface area (TPSA) is 65.8 Å². The molecule has 1 N–H and O–H groups in total. The van der Waals surface area contributed by atoms with E-state index in [1.54, 1.807) is 24.0 Å². The van der Waals surface area contributed by atoms with Crippen molar-refractivity contribution >= 4 is 35.8 Å². The van der Waals surface area contributed by atoms with Gasteiger partial charge in [-0.3, -0.25) is 9.79 Å². The molecule has 3 rings (SSSR count). The van der Waals surface area contributed by atoms with Gasteiger partial charge in [0.25, 0.3) is 5.56 Å². The molecule has 8 heteroatoms. The molecule has 2 heterocycles. The number of nitrogens with zero attached hydrogens (tertiary/aromatic N) is 5. The van der Waals surface area contributed by atoms with Crippen molar-refractivity contribution in [2.45, 2.75) is 19.8 Å².